The van der Waals surface area contributed by atoms with Gasteiger partial charge in [-0.25, -0.2) is 0 Å². The predicted octanol–water partition coefficient (Wildman–Crippen LogP) is 7.25. The van der Waals surface area contributed by atoms with Crippen molar-refractivity contribution in [2.24, 2.45) is 23.2 Å². The molecule has 3 N–H and O–H groups in total. The summed E-state index contributed by atoms with van der Waals surface area (Å²) in [6.45, 7) is 17.3. The van der Waals surface area contributed by atoms with Crippen LogP contribution >= 0.6 is 0 Å². The Hall–Kier alpha value is -2.40. The normalized spacial score (nSPS) is 24.3. The van der Waals surface area contributed by atoms with Crippen LogP contribution in [-0.4, -0.2) is 32.5 Å². The zero-order valence-corrected chi connectivity index (χ0v) is 23.7. The van der Waals surface area contributed by atoms with Gasteiger partial charge in [-0.2, -0.15) is 0 Å². The van der Waals surface area contributed by atoms with Crippen molar-refractivity contribution in [2.45, 2.75) is 100 Å². The molecule has 0 fully saturated rings. The molecule has 5 nitrogen and oxygen atoms in total. The van der Waals surface area contributed by atoms with Gasteiger partial charge in [0, 0.05) is 17.9 Å². The number of rotatable bonds is 9. The average Bonchev–Trinajstić information content (AvgIpc) is 2.73. The smallest absolute Gasteiger partial charge is 0.184 e. The van der Waals surface area contributed by atoms with Crippen molar-refractivity contribution in [2.75, 3.05) is 0 Å². The summed E-state index contributed by atoms with van der Waals surface area (Å²) in [5.74, 6) is -2.25. The van der Waals surface area contributed by atoms with Gasteiger partial charge in [-0.05, 0) is 72.1 Å². The van der Waals surface area contributed by atoms with Gasteiger partial charge in [-0.1, -0.05) is 62.6 Å². The minimum atomic E-state index is -1.43. The van der Waals surface area contributed by atoms with Gasteiger partial charge in [0.2, 0.25) is 0 Å². The Balaban J connectivity index is 2.97. The van der Waals surface area contributed by atoms with Crippen molar-refractivity contribution < 1.29 is 24.9 Å². The van der Waals surface area contributed by atoms with Gasteiger partial charge >= 0.3 is 0 Å². The molecule has 0 saturated heterocycles. The number of Topliss-reactive ketones (excluding diaryl/α,β-unsaturated/α-hetero) is 2. The van der Waals surface area contributed by atoms with Crippen LogP contribution in [0.15, 0.2) is 57.6 Å². The Kier molecular flexibility index (Phi) is 9.39. The topological polar surface area (TPSA) is 94.8 Å². The van der Waals surface area contributed by atoms with E-state index in [1.807, 2.05) is 59.8 Å². The quantitative estimate of drug-likeness (QED) is 0.230. The molecule has 2 rings (SSSR count). The van der Waals surface area contributed by atoms with Crippen LogP contribution in [0.2, 0.25) is 0 Å². The van der Waals surface area contributed by atoms with Gasteiger partial charge in [0.1, 0.15) is 17.1 Å². The lowest BCUT2D eigenvalue weighted by Gasteiger charge is -2.43. The molecule has 0 unspecified atom stereocenters. The molecule has 2 aliphatic carbocycles. The molecule has 5 heteroatoms. The number of hydrogen-bond donors (Lipinski definition) is 3. The predicted molar refractivity (Wildman–Crippen MR) is 146 cm³/mol. The highest BCUT2D eigenvalue weighted by Crippen LogP contribution is 2.51. The van der Waals surface area contributed by atoms with Crippen LogP contribution in [0.1, 0.15) is 94.4 Å². The van der Waals surface area contributed by atoms with Crippen molar-refractivity contribution >= 4 is 11.6 Å². The molecule has 36 heavy (non-hydrogen) atoms. The molecule has 0 saturated carbocycles. The van der Waals surface area contributed by atoms with E-state index in [-0.39, 0.29) is 48.0 Å². The molecule has 0 amide bonds. The first-order valence-corrected chi connectivity index (χ1v) is 13.2. The summed E-state index contributed by atoms with van der Waals surface area (Å²) >= 11 is 0. The third-order valence-corrected chi connectivity index (χ3v) is 7.48. The molecule has 2 aliphatic rings. The zero-order valence-electron chi connectivity index (χ0n) is 23.7. The average molecular weight is 499 g/mol. The van der Waals surface area contributed by atoms with Crippen LogP contribution in [0, 0.1) is 23.2 Å². The molecule has 0 radical (unpaired) electrons. The summed E-state index contributed by atoms with van der Waals surface area (Å²) in [5.41, 5.74) is 0.239. The van der Waals surface area contributed by atoms with E-state index in [1.54, 1.807) is 6.92 Å². The number of aliphatic hydroxyl groups is 3. The van der Waals surface area contributed by atoms with Crippen LogP contribution in [0.3, 0.4) is 0 Å². The van der Waals surface area contributed by atoms with Crippen molar-refractivity contribution in [1.82, 2.24) is 0 Å². The third kappa shape index (κ3) is 6.11. The van der Waals surface area contributed by atoms with Gasteiger partial charge in [-0.3, -0.25) is 9.59 Å². The minimum Gasteiger partial charge on any atom is -0.511 e. The maximum Gasteiger partial charge on any atom is 0.184 e. The van der Waals surface area contributed by atoms with E-state index in [0.29, 0.717) is 12.8 Å². The van der Waals surface area contributed by atoms with E-state index >= 15 is 0 Å². The van der Waals surface area contributed by atoms with E-state index in [1.165, 1.54) is 0 Å². The van der Waals surface area contributed by atoms with Gasteiger partial charge in [-0.15, -0.1) is 0 Å². The standard InChI is InChI=1S/C31H46O5/c1-18(2)10-14-31(15-11-19(3)4)28(34)25(23-17-22(21(7)8)12-13-30(23,9)36)27(33)26(29(31)35)24(32)16-20(5)6/h10-11,17,20-21,23,33-34,36H,12-16H2,1-9H3/t23-,30-/m1/s1. The second kappa shape index (κ2) is 11.3. The maximum absolute atomic E-state index is 14.1. The fourth-order valence-electron chi connectivity index (χ4n) is 5.11. The second-order valence-corrected chi connectivity index (χ2v) is 12.1. The summed E-state index contributed by atoms with van der Waals surface area (Å²) in [4.78, 5) is 27.5. The second-order valence-electron chi connectivity index (χ2n) is 12.1. The highest BCUT2D eigenvalue weighted by Gasteiger charge is 2.53. The van der Waals surface area contributed by atoms with Gasteiger partial charge in [0.25, 0.3) is 0 Å². The van der Waals surface area contributed by atoms with Gasteiger partial charge < -0.3 is 15.3 Å². The molecule has 0 aromatic rings. The van der Waals surface area contributed by atoms with Crippen molar-refractivity contribution in [3.8, 4) is 0 Å². The van der Waals surface area contributed by atoms with E-state index in [9.17, 15) is 24.9 Å². The van der Waals surface area contributed by atoms with Crippen LogP contribution in [-0.2, 0) is 9.59 Å². The Morgan fingerprint density at radius 1 is 1.06 bits per heavy atom. The molecule has 0 spiro atoms. The zero-order chi connectivity index (χ0) is 27.6. The SMILES string of the molecule is CC(C)=CCC1(CC=C(C)C)C(=O)C(C(=O)CC(C)C)=C(O)C([C@H]2C=C(C(C)C)CC[C@@]2(C)O)=C1O. The summed E-state index contributed by atoms with van der Waals surface area (Å²) in [5, 5.41) is 34.8. The monoisotopic (exact) mass is 498 g/mol. The van der Waals surface area contributed by atoms with Crippen molar-refractivity contribution in [3.63, 3.8) is 0 Å². The minimum absolute atomic E-state index is 0.0104. The number of carbonyl (C=O) groups is 2. The summed E-state index contributed by atoms with van der Waals surface area (Å²) < 4.78 is 0. The van der Waals surface area contributed by atoms with Crippen LogP contribution < -0.4 is 0 Å². The fraction of sp³-hybridized carbons (Fsp3) is 0.613. The van der Waals surface area contributed by atoms with Crippen molar-refractivity contribution in [3.05, 3.63) is 57.6 Å². The van der Waals surface area contributed by atoms with E-state index in [2.05, 4.69) is 13.8 Å². The van der Waals surface area contributed by atoms with E-state index in [0.717, 1.165) is 16.7 Å². The Labute approximate surface area is 217 Å². The highest BCUT2D eigenvalue weighted by molar-refractivity contribution is 6.24. The number of allylic oxidation sites excluding steroid dienone is 8. The third-order valence-electron chi connectivity index (χ3n) is 7.48. The van der Waals surface area contributed by atoms with Crippen LogP contribution in [0.4, 0.5) is 0 Å². The molecule has 0 aromatic heterocycles. The summed E-state index contributed by atoms with van der Waals surface area (Å²) in [6.07, 6.45) is 7.35. The van der Waals surface area contributed by atoms with Gasteiger partial charge in [0.05, 0.1) is 11.0 Å². The van der Waals surface area contributed by atoms with E-state index in [4.69, 9.17) is 0 Å². The fourth-order valence-corrected chi connectivity index (χ4v) is 5.11. The maximum atomic E-state index is 14.1. The highest BCUT2D eigenvalue weighted by atomic mass is 16.3. The Bertz CT molecular complexity index is 1010. The molecule has 0 heterocycles. The van der Waals surface area contributed by atoms with Gasteiger partial charge in [0.15, 0.2) is 11.6 Å². The molecule has 0 aromatic carbocycles. The summed E-state index contributed by atoms with van der Waals surface area (Å²) in [7, 11) is 0. The number of carbonyl (C=O) groups excluding carboxylic acids is 2. The van der Waals surface area contributed by atoms with E-state index < -0.39 is 34.3 Å². The molecule has 0 aliphatic heterocycles. The Morgan fingerprint density at radius 2 is 1.58 bits per heavy atom. The molecular weight excluding hydrogens is 452 g/mol. The first-order valence-electron chi connectivity index (χ1n) is 13.2. The first kappa shape index (κ1) is 29.8. The molecule has 2 atom stereocenters. The first-order chi connectivity index (χ1) is 16.5. The lowest BCUT2D eigenvalue weighted by Crippen LogP contribution is -2.45. The molecular formula is C31H46O5. The Morgan fingerprint density at radius 3 is 2.03 bits per heavy atom. The largest absolute Gasteiger partial charge is 0.511 e. The number of ketones is 2. The lowest BCUT2D eigenvalue weighted by atomic mass is 9.62. The number of aliphatic hydroxyl groups excluding tert-OH is 2. The molecule has 0 bridgehead atoms. The van der Waals surface area contributed by atoms with Crippen LogP contribution in [0.5, 0.6) is 0 Å². The van der Waals surface area contributed by atoms with Crippen LogP contribution in [0.25, 0.3) is 0 Å². The number of hydrogen-bond acceptors (Lipinski definition) is 5. The van der Waals surface area contributed by atoms with Crippen molar-refractivity contribution in [1.29, 1.82) is 0 Å². The molecule has 200 valence electrons. The summed E-state index contributed by atoms with van der Waals surface area (Å²) in [6, 6.07) is 0. The lowest BCUT2D eigenvalue weighted by molar-refractivity contribution is -0.128.